The molecule has 1 N–H and O–H groups in total. The van der Waals surface area contributed by atoms with Crippen molar-refractivity contribution in [2.45, 2.75) is 24.9 Å². The van der Waals surface area contributed by atoms with Gasteiger partial charge in [0.2, 0.25) is 0 Å². The second-order valence-corrected chi connectivity index (χ2v) is 6.94. The Morgan fingerprint density at radius 2 is 1.64 bits per heavy atom. The fourth-order valence-corrected chi connectivity index (χ4v) is 3.65. The van der Waals surface area contributed by atoms with Crippen molar-refractivity contribution in [1.29, 1.82) is 0 Å². The number of aliphatic carboxylic acids is 1. The number of hydrogen-bond acceptors (Lipinski definition) is 2. The summed E-state index contributed by atoms with van der Waals surface area (Å²) in [7, 11) is 0. The predicted molar refractivity (Wildman–Crippen MR) is 97.0 cm³/mol. The molecule has 2 aromatic rings. The lowest BCUT2D eigenvalue weighted by molar-refractivity contribution is -0.141. The minimum absolute atomic E-state index is 0.0291. The van der Waals surface area contributed by atoms with Gasteiger partial charge in [0.05, 0.1) is 5.92 Å². The molecule has 0 spiro atoms. The minimum Gasteiger partial charge on any atom is -0.481 e. The van der Waals surface area contributed by atoms with Gasteiger partial charge in [0, 0.05) is 31.0 Å². The fourth-order valence-electron chi connectivity index (χ4n) is 3.65. The van der Waals surface area contributed by atoms with Crippen LogP contribution in [0, 0.1) is 5.92 Å². The molecule has 2 unspecified atom stereocenters. The van der Waals surface area contributed by atoms with Crippen molar-refractivity contribution in [2.24, 2.45) is 5.92 Å². The molecule has 4 nitrogen and oxygen atoms in total. The first-order chi connectivity index (χ1) is 13.3. The molecular weight excluding hydrogens is 371 g/mol. The highest BCUT2D eigenvalue weighted by Crippen LogP contribution is 2.34. The van der Waals surface area contributed by atoms with Crippen LogP contribution in [-0.2, 0) is 11.2 Å². The summed E-state index contributed by atoms with van der Waals surface area (Å²) in [5.74, 6) is -2.53. The average molecular weight is 391 g/mol. The first kappa shape index (κ1) is 19.9. The van der Waals surface area contributed by atoms with Gasteiger partial charge in [-0.25, -0.2) is 0 Å². The lowest BCUT2D eigenvalue weighted by atomic mass is 9.89. The van der Waals surface area contributed by atoms with Crippen LogP contribution in [0.25, 0.3) is 0 Å². The zero-order valence-corrected chi connectivity index (χ0v) is 15.0. The zero-order chi connectivity index (χ0) is 20.3. The molecule has 1 fully saturated rings. The van der Waals surface area contributed by atoms with Crippen molar-refractivity contribution in [1.82, 2.24) is 4.90 Å². The summed E-state index contributed by atoms with van der Waals surface area (Å²) in [6, 6.07) is 15.3. The number of amides is 1. The van der Waals surface area contributed by atoms with E-state index in [1.165, 1.54) is 17.0 Å². The van der Waals surface area contributed by atoms with Crippen molar-refractivity contribution >= 4 is 11.9 Å². The van der Waals surface area contributed by atoms with Gasteiger partial charge in [0.25, 0.3) is 5.91 Å². The number of rotatable bonds is 5. The minimum atomic E-state index is -4.31. The molecule has 1 aliphatic rings. The van der Waals surface area contributed by atoms with Gasteiger partial charge in [-0.3, -0.25) is 9.59 Å². The summed E-state index contributed by atoms with van der Waals surface area (Å²) in [6.45, 7) is 0.245. The highest BCUT2D eigenvalue weighted by molar-refractivity contribution is 5.96. The summed E-state index contributed by atoms with van der Waals surface area (Å²) in [6.07, 6.45) is -5.61. The molecule has 1 heterocycles. The maximum atomic E-state index is 13.0. The second kappa shape index (κ2) is 8.04. The number of benzene rings is 2. The maximum absolute atomic E-state index is 13.0. The molecule has 7 heteroatoms. The van der Waals surface area contributed by atoms with E-state index in [-0.39, 0.29) is 31.0 Å². The van der Waals surface area contributed by atoms with E-state index in [1.54, 1.807) is 12.1 Å². The molecule has 2 atom stereocenters. The van der Waals surface area contributed by atoms with E-state index in [9.17, 15) is 27.9 Å². The summed E-state index contributed by atoms with van der Waals surface area (Å²) in [4.78, 5) is 26.1. The largest absolute Gasteiger partial charge is 0.481 e. The van der Waals surface area contributed by atoms with E-state index in [4.69, 9.17) is 0 Å². The smallest absolute Gasteiger partial charge is 0.389 e. The Kier molecular flexibility index (Phi) is 5.72. The number of aryl methyl sites for hydroxylation is 1. The normalized spacial score (nSPS) is 19.6. The molecule has 0 saturated carbocycles. The van der Waals surface area contributed by atoms with Crippen LogP contribution in [0.3, 0.4) is 0 Å². The Morgan fingerprint density at radius 1 is 1.00 bits per heavy atom. The van der Waals surface area contributed by atoms with Crippen LogP contribution >= 0.6 is 0 Å². The molecule has 3 rings (SSSR count). The molecule has 0 bridgehead atoms. The monoisotopic (exact) mass is 391 g/mol. The van der Waals surface area contributed by atoms with Crippen LogP contribution in [-0.4, -0.2) is 41.1 Å². The Balaban J connectivity index is 1.83. The summed E-state index contributed by atoms with van der Waals surface area (Å²) in [5, 5.41) is 9.58. The van der Waals surface area contributed by atoms with Crippen molar-refractivity contribution in [3.05, 3.63) is 71.3 Å². The van der Waals surface area contributed by atoms with Crippen LogP contribution in [0.4, 0.5) is 13.2 Å². The average Bonchev–Trinajstić information content (AvgIpc) is 3.12. The highest BCUT2D eigenvalue weighted by Gasteiger charge is 2.41. The number of hydrogen-bond donors (Lipinski definition) is 1. The predicted octanol–water partition coefficient (Wildman–Crippen LogP) is 4.12. The molecule has 0 radical (unpaired) electrons. The molecule has 1 saturated heterocycles. The number of halogens is 3. The van der Waals surface area contributed by atoms with Gasteiger partial charge in [-0.2, -0.15) is 13.2 Å². The third-order valence-electron chi connectivity index (χ3n) is 5.08. The lowest BCUT2D eigenvalue weighted by Gasteiger charge is -2.19. The Hall–Kier alpha value is -2.83. The van der Waals surface area contributed by atoms with Crippen molar-refractivity contribution in [3.8, 4) is 0 Å². The molecule has 1 aliphatic heterocycles. The Morgan fingerprint density at radius 3 is 2.29 bits per heavy atom. The molecule has 28 heavy (non-hydrogen) atoms. The Bertz CT molecular complexity index is 851. The zero-order valence-electron chi connectivity index (χ0n) is 15.0. The van der Waals surface area contributed by atoms with E-state index in [1.807, 2.05) is 30.3 Å². The lowest BCUT2D eigenvalue weighted by Crippen LogP contribution is -2.30. The molecule has 1 amide bonds. The number of carbonyl (C=O) groups is 2. The van der Waals surface area contributed by atoms with Crippen LogP contribution < -0.4 is 0 Å². The topological polar surface area (TPSA) is 57.6 Å². The van der Waals surface area contributed by atoms with E-state index in [2.05, 4.69) is 0 Å². The van der Waals surface area contributed by atoms with Gasteiger partial charge < -0.3 is 10.0 Å². The maximum Gasteiger partial charge on any atom is 0.389 e. The first-order valence-electron chi connectivity index (χ1n) is 8.98. The van der Waals surface area contributed by atoms with Crippen LogP contribution in [0.1, 0.15) is 33.8 Å². The van der Waals surface area contributed by atoms with Crippen molar-refractivity contribution < 1.29 is 27.9 Å². The van der Waals surface area contributed by atoms with Gasteiger partial charge in [0.15, 0.2) is 0 Å². The molecule has 2 aromatic carbocycles. The summed E-state index contributed by atoms with van der Waals surface area (Å²) < 4.78 is 37.8. The van der Waals surface area contributed by atoms with Crippen LogP contribution in [0.15, 0.2) is 54.6 Å². The number of alkyl halides is 3. The number of carboxylic acid groups (broad SMARTS) is 1. The summed E-state index contributed by atoms with van der Waals surface area (Å²) >= 11 is 0. The van der Waals surface area contributed by atoms with Gasteiger partial charge in [-0.15, -0.1) is 0 Å². The molecule has 0 aliphatic carbocycles. The van der Waals surface area contributed by atoms with Gasteiger partial charge in [-0.05, 0) is 23.6 Å². The standard InChI is InChI=1S/C21H20F3NO3/c22-21(23,24)11-10-15-8-4-5-9-16(15)19(26)25-12-17(18(13-25)20(27)28)14-6-2-1-3-7-14/h1-9,17-18H,10-13H2,(H,27,28). The first-order valence-corrected chi connectivity index (χ1v) is 8.98. The van der Waals surface area contributed by atoms with E-state index >= 15 is 0 Å². The number of carbonyl (C=O) groups excluding carboxylic acids is 1. The van der Waals surface area contributed by atoms with Crippen molar-refractivity contribution in [2.75, 3.05) is 13.1 Å². The quantitative estimate of drug-likeness (QED) is 0.834. The molecular formula is C21H20F3NO3. The van der Waals surface area contributed by atoms with Crippen molar-refractivity contribution in [3.63, 3.8) is 0 Å². The summed E-state index contributed by atoms with van der Waals surface area (Å²) in [5.41, 5.74) is 1.35. The van der Waals surface area contributed by atoms with Gasteiger partial charge in [0.1, 0.15) is 0 Å². The fraction of sp³-hybridized carbons (Fsp3) is 0.333. The van der Waals surface area contributed by atoms with E-state index in [0.717, 1.165) is 5.56 Å². The second-order valence-electron chi connectivity index (χ2n) is 6.94. The number of nitrogens with zero attached hydrogens (tertiary/aromatic N) is 1. The highest BCUT2D eigenvalue weighted by atomic mass is 19.4. The van der Waals surface area contributed by atoms with E-state index < -0.39 is 30.4 Å². The van der Waals surface area contributed by atoms with Crippen LogP contribution in [0.5, 0.6) is 0 Å². The van der Waals surface area contributed by atoms with E-state index in [0.29, 0.717) is 5.56 Å². The molecule has 0 aromatic heterocycles. The molecule has 148 valence electrons. The third-order valence-corrected chi connectivity index (χ3v) is 5.08. The number of likely N-dealkylation sites (tertiary alicyclic amines) is 1. The van der Waals surface area contributed by atoms with Crippen LogP contribution in [0.2, 0.25) is 0 Å². The SMILES string of the molecule is O=C(O)C1CN(C(=O)c2ccccc2CCC(F)(F)F)CC1c1ccccc1. The van der Waals surface area contributed by atoms with Gasteiger partial charge >= 0.3 is 12.1 Å². The van der Waals surface area contributed by atoms with Gasteiger partial charge in [-0.1, -0.05) is 48.5 Å². The third kappa shape index (κ3) is 4.52. The Labute approximate surface area is 160 Å². The number of carboxylic acids is 1.